The minimum absolute atomic E-state index is 0.340. The molecule has 148 valence electrons. The van der Waals surface area contributed by atoms with Gasteiger partial charge in [-0.3, -0.25) is 9.98 Å². The molecule has 1 amide bonds. The van der Waals surface area contributed by atoms with Gasteiger partial charge in [0.15, 0.2) is 5.96 Å². The predicted octanol–water partition coefficient (Wildman–Crippen LogP) is 2.40. The summed E-state index contributed by atoms with van der Waals surface area (Å²) in [7, 11) is 0. The molecule has 7 heteroatoms. The monoisotopic (exact) mass is 373 g/mol. The van der Waals surface area contributed by atoms with E-state index in [1.807, 2.05) is 39.8 Å². The van der Waals surface area contributed by atoms with Gasteiger partial charge in [-0.05, 0) is 45.7 Å². The van der Waals surface area contributed by atoms with Crippen molar-refractivity contribution in [2.24, 2.45) is 4.99 Å². The van der Waals surface area contributed by atoms with E-state index < -0.39 is 5.60 Å². The molecule has 0 spiro atoms. The van der Waals surface area contributed by atoms with Crippen LogP contribution in [-0.2, 0) is 11.3 Å². The van der Waals surface area contributed by atoms with Crippen molar-refractivity contribution in [3.8, 4) is 12.3 Å². The van der Waals surface area contributed by atoms with Crippen LogP contribution in [0.25, 0.3) is 0 Å². The first kappa shape index (κ1) is 22.3. The van der Waals surface area contributed by atoms with Gasteiger partial charge >= 0.3 is 6.09 Å². The van der Waals surface area contributed by atoms with Gasteiger partial charge in [-0.1, -0.05) is 12.0 Å². The fourth-order valence-electron chi connectivity index (χ4n) is 2.20. The van der Waals surface area contributed by atoms with Crippen molar-refractivity contribution in [2.75, 3.05) is 26.2 Å². The van der Waals surface area contributed by atoms with Gasteiger partial charge in [0.2, 0.25) is 0 Å². The Morgan fingerprint density at radius 3 is 2.78 bits per heavy atom. The smallest absolute Gasteiger partial charge is 0.410 e. The minimum Gasteiger partial charge on any atom is -0.444 e. The van der Waals surface area contributed by atoms with E-state index in [0.717, 1.165) is 12.1 Å². The Bertz CT molecular complexity index is 632. The third-order valence-electron chi connectivity index (χ3n) is 3.31. The SMILES string of the molecule is C#CCNC(=NCCCN(Cc1cccnc1)C(=O)OC(C)(C)C)NCC. The van der Waals surface area contributed by atoms with Gasteiger partial charge in [-0.2, -0.15) is 0 Å². The number of carbonyl (C=O) groups is 1. The topological polar surface area (TPSA) is 78.9 Å². The van der Waals surface area contributed by atoms with Crippen molar-refractivity contribution in [3.05, 3.63) is 30.1 Å². The van der Waals surface area contributed by atoms with E-state index in [4.69, 9.17) is 11.2 Å². The molecule has 0 fully saturated rings. The second kappa shape index (κ2) is 11.8. The molecule has 0 aromatic carbocycles. The molecule has 0 bridgehead atoms. The van der Waals surface area contributed by atoms with Crippen LogP contribution in [0.1, 0.15) is 39.7 Å². The van der Waals surface area contributed by atoms with Gasteiger partial charge in [0.05, 0.1) is 13.1 Å². The summed E-state index contributed by atoms with van der Waals surface area (Å²) in [5.74, 6) is 3.19. The van der Waals surface area contributed by atoms with Crippen molar-refractivity contribution in [2.45, 2.75) is 46.3 Å². The fraction of sp³-hybridized carbons (Fsp3) is 0.550. The molecular formula is C20H31N5O2. The van der Waals surface area contributed by atoms with Crippen molar-refractivity contribution in [1.82, 2.24) is 20.5 Å². The predicted molar refractivity (Wildman–Crippen MR) is 108 cm³/mol. The molecule has 0 atom stereocenters. The molecule has 0 unspecified atom stereocenters. The second-order valence-electron chi connectivity index (χ2n) is 6.94. The zero-order valence-corrected chi connectivity index (χ0v) is 16.8. The van der Waals surface area contributed by atoms with E-state index in [2.05, 4.69) is 26.5 Å². The van der Waals surface area contributed by atoms with Crippen molar-refractivity contribution in [1.29, 1.82) is 0 Å². The van der Waals surface area contributed by atoms with Crippen LogP contribution < -0.4 is 10.6 Å². The first-order valence-electron chi connectivity index (χ1n) is 9.18. The van der Waals surface area contributed by atoms with Gasteiger partial charge in [0.1, 0.15) is 5.60 Å². The largest absolute Gasteiger partial charge is 0.444 e. The zero-order valence-electron chi connectivity index (χ0n) is 16.8. The van der Waals surface area contributed by atoms with Crippen LogP contribution >= 0.6 is 0 Å². The van der Waals surface area contributed by atoms with E-state index in [-0.39, 0.29) is 6.09 Å². The van der Waals surface area contributed by atoms with Crippen LogP contribution in [0.15, 0.2) is 29.5 Å². The number of nitrogens with one attached hydrogen (secondary N) is 2. The maximum absolute atomic E-state index is 12.5. The molecule has 1 heterocycles. The molecule has 27 heavy (non-hydrogen) atoms. The Balaban J connectivity index is 2.67. The van der Waals surface area contributed by atoms with Gasteiger partial charge in [-0.15, -0.1) is 6.42 Å². The van der Waals surface area contributed by atoms with Crippen molar-refractivity contribution < 1.29 is 9.53 Å². The highest BCUT2D eigenvalue weighted by molar-refractivity contribution is 5.79. The second-order valence-corrected chi connectivity index (χ2v) is 6.94. The van der Waals surface area contributed by atoms with Crippen LogP contribution in [0, 0.1) is 12.3 Å². The summed E-state index contributed by atoms with van der Waals surface area (Å²) in [4.78, 5) is 22.8. The lowest BCUT2D eigenvalue weighted by Crippen LogP contribution is -2.38. The quantitative estimate of drug-likeness (QED) is 0.317. The van der Waals surface area contributed by atoms with Crippen LogP contribution in [0.5, 0.6) is 0 Å². The molecule has 1 aromatic heterocycles. The fourth-order valence-corrected chi connectivity index (χ4v) is 2.20. The molecule has 0 saturated heterocycles. The van der Waals surface area contributed by atoms with E-state index in [1.165, 1.54) is 0 Å². The van der Waals surface area contributed by atoms with E-state index in [1.54, 1.807) is 17.3 Å². The number of nitrogens with zero attached hydrogens (tertiary/aromatic N) is 3. The summed E-state index contributed by atoms with van der Waals surface area (Å²) < 4.78 is 5.53. The standard InChI is InChI=1S/C20H31N5O2/c1-6-11-23-18(22-7-2)24-13-9-14-25(19(26)27-20(3,4)5)16-17-10-8-12-21-15-17/h1,8,10,12,15H,7,9,11,13-14,16H2,2-5H3,(H2,22,23,24). The summed E-state index contributed by atoms with van der Waals surface area (Å²) in [6.45, 7) is 10.3. The Labute approximate surface area is 162 Å². The summed E-state index contributed by atoms with van der Waals surface area (Å²) in [5.41, 5.74) is 0.413. The number of aromatic nitrogens is 1. The number of aliphatic imine (C=N–C) groups is 1. The lowest BCUT2D eigenvalue weighted by molar-refractivity contribution is 0.0232. The van der Waals surface area contributed by atoms with Crippen molar-refractivity contribution in [3.63, 3.8) is 0 Å². The molecule has 0 saturated carbocycles. The molecule has 7 nitrogen and oxygen atoms in total. The van der Waals surface area contributed by atoms with Gasteiger partial charge in [-0.25, -0.2) is 4.79 Å². The molecule has 0 aliphatic rings. The number of amides is 1. The van der Waals surface area contributed by atoms with Crippen LogP contribution in [0.4, 0.5) is 4.79 Å². The highest BCUT2D eigenvalue weighted by atomic mass is 16.6. The average Bonchev–Trinajstić information content (AvgIpc) is 2.61. The maximum atomic E-state index is 12.5. The number of carbonyl (C=O) groups excluding carboxylic acids is 1. The molecule has 0 aliphatic carbocycles. The average molecular weight is 374 g/mol. The summed E-state index contributed by atoms with van der Waals surface area (Å²) in [6.07, 6.45) is 9.09. The number of pyridine rings is 1. The number of hydrogen-bond donors (Lipinski definition) is 2. The zero-order chi connectivity index (χ0) is 20.1. The lowest BCUT2D eigenvalue weighted by atomic mass is 10.2. The summed E-state index contributed by atoms with van der Waals surface area (Å²) in [5, 5.41) is 6.17. The van der Waals surface area contributed by atoms with E-state index in [0.29, 0.717) is 38.6 Å². The van der Waals surface area contributed by atoms with Gasteiger partial charge in [0, 0.05) is 32.0 Å². The molecule has 2 N–H and O–H groups in total. The van der Waals surface area contributed by atoms with Gasteiger partial charge in [0.25, 0.3) is 0 Å². The third-order valence-corrected chi connectivity index (χ3v) is 3.31. The lowest BCUT2D eigenvalue weighted by Gasteiger charge is -2.27. The Kier molecular flexibility index (Phi) is 9.73. The van der Waals surface area contributed by atoms with E-state index >= 15 is 0 Å². The Hall–Kier alpha value is -2.75. The molecule has 0 radical (unpaired) electrons. The van der Waals surface area contributed by atoms with Crippen LogP contribution in [0.3, 0.4) is 0 Å². The molecule has 1 rings (SSSR count). The van der Waals surface area contributed by atoms with Crippen molar-refractivity contribution >= 4 is 12.1 Å². The highest BCUT2D eigenvalue weighted by Crippen LogP contribution is 2.12. The molecule has 0 aliphatic heterocycles. The maximum Gasteiger partial charge on any atom is 0.410 e. The Morgan fingerprint density at radius 1 is 1.41 bits per heavy atom. The first-order chi connectivity index (χ1) is 12.9. The normalized spacial score (nSPS) is 11.4. The Morgan fingerprint density at radius 2 is 2.19 bits per heavy atom. The molecule has 1 aromatic rings. The highest BCUT2D eigenvalue weighted by Gasteiger charge is 2.22. The summed E-state index contributed by atoms with van der Waals surface area (Å²) >= 11 is 0. The number of guanidine groups is 1. The number of hydrogen-bond acceptors (Lipinski definition) is 4. The first-order valence-corrected chi connectivity index (χ1v) is 9.18. The molecular weight excluding hydrogens is 342 g/mol. The number of terminal acetylenes is 1. The summed E-state index contributed by atoms with van der Waals surface area (Å²) in [6, 6.07) is 3.79. The number of rotatable bonds is 8. The number of ether oxygens (including phenoxy) is 1. The van der Waals surface area contributed by atoms with Crippen LogP contribution in [0.2, 0.25) is 0 Å². The van der Waals surface area contributed by atoms with Gasteiger partial charge < -0.3 is 20.3 Å². The minimum atomic E-state index is -0.542. The van der Waals surface area contributed by atoms with Crippen LogP contribution in [-0.4, -0.2) is 53.7 Å². The van der Waals surface area contributed by atoms with E-state index in [9.17, 15) is 4.79 Å². The third kappa shape index (κ3) is 10.1.